The van der Waals surface area contributed by atoms with Crippen molar-refractivity contribution in [3.63, 3.8) is 0 Å². The van der Waals surface area contributed by atoms with Crippen molar-refractivity contribution < 1.29 is 14.3 Å². The predicted octanol–water partition coefficient (Wildman–Crippen LogP) is 3.00. The number of hydrogen-bond acceptors (Lipinski definition) is 4. The minimum atomic E-state index is -0.255. The van der Waals surface area contributed by atoms with Crippen LogP contribution < -0.4 is 14.5 Å². The minimum Gasteiger partial charge on any atom is -0.486 e. The molecule has 0 spiro atoms. The van der Waals surface area contributed by atoms with E-state index in [0.717, 1.165) is 18.0 Å². The van der Waals surface area contributed by atoms with Crippen molar-refractivity contribution in [1.29, 1.82) is 0 Å². The second-order valence-electron chi connectivity index (χ2n) is 6.00. The molecule has 0 fully saturated rings. The van der Waals surface area contributed by atoms with Crippen molar-refractivity contribution in [3.05, 3.63) is 54.1 Å². The van der Waals surface area contributed by atoms with Gasteiger partial charge in [0.15, 0.2) is 11.5 Å². The number of anilines is 1. The molecular weight excluding hydrogens is 304 g/mol. The van der Waals surface area contributed by atoms with E-state index < -0.39 is 0 Å². The van der Waals surface area contributed by atoms with Gasteiger partial charge in [0.05, 0.1) is 18.7 Å². The monoisotopic (exact) mass is 324 g/mol. The van der Waals surface area contributed by atoms with Crippen LogP contribution in [0.5, 0.6) is 11.5 Å². The van der Waals surface area contributed by atoms with E-state index in [0.29, 0.717) is 25.3 Å². The van der Waals surface area contributed by atoms with Crippen LogP contribution in [0, 0.1) is 0 Å². The van der Waals surface area contributed by atoms with E-state index in [1.54, 1.807) is 0 Å². The highest BCUT2D eigenvalue weighted by Gasteiger charge is 2.32. The molecule has 2 aromatic carbocycles. The van der Waals surface area contributed by atoms with Gasteiger partial charge in [-0.2, -0.15) is 0 Å². The zero-order valence-electron chi connectivity index (χ0n) is 13.6. The van der Waals surface area contributed by atoms with E-state index in [9.17, 15) is 4.79 Å². The zero-order valence-corrected chi connectivity index (χ0v) is 13.6. The number of nitrogens with zero attached hydrogens (tertiary/aromatic N) is 2. The lowest BCUT2D eigenvalue weighted by molar-refractivity contribution is -0.134. The van der Waals surface area contributed by atoms with Crippen LogP contribution in [-0.2, 0) is 11.3 Å². The van der Waals surface area contributed by atoms with Gasteiger partial charge in [0.25, 0.3) is 0 Å². The van der Waals surface area contributed by atoms with Crippen LogP contribution in [0.25, 0.3) is 0 Å². The molecule has 2 heterocycles. The molecule has 0 N–H and O–H groups in total. The second kappa shape index (κ2) is 6.07. The SMILES string of the molecule is CCN1c2ccccc2CN1C(=O)CC1COc2ccccc2O1. The number of rotatable bonds is 3. The molecule has 1 atom stereocenters. The molecule has 124 valence electrons. The van der Waals surface area contributed by atoms with Gasteiger partial charge in [-0.15, -0.1) is 0 Å². The highest BCUT2D eigenvalue weighted by atomic mass is 16.6. The molecule has 0 saturated carbocycles. The highest BCUT2D eigenvalue weighted by molar-refractivity contribution is 5.81. The first-order valence-electron chi connectivity index (χ1n) is 8.30. The normalized spacial score (nSPS) is 18.5. The van der Waals surface area contributed by atoms with Crippen molar-refractivity contribution in [2.45, 2.75) is 26.0 Å². The molecule has 1 amide bonds. The summed E-state index contributed by atoms with van der Waals surface area (Å²) in [5.74, 6) is 1.50. The first kappa shape index (κ1) is 14.9. The Kier molecular flexibility index (Phi) is 3.76. The maximum atomic E-state index is 12.8. The molecule has 2 aliphatic heterocycles. The Hall–Kier alpha value is -2.69. The summed E-state index contributed by atoms with van der Waals surface area (Å²) < 4.78 is 11.6. The molecule has 0 aromatic heterocycles. The Morgan fingerprint density at radius 1 is 1.12 bits per heavy atom. The zero-order chi connectivity index (χ0) is 16.5. The Labute approximate surface area is 141 Å². The fraction of sp³-hybridized carbons (Fsp3) is 0.316. The fourth-order valence-electron chi connectivity index (χ4n) is 3.30. The summed E-state index contributed by atoms with van der Waals surface area (Å²) in [6, 6.07) is 15.7. The largest absolute Gasteiger partial charge is 0.486 e. The third kappa shape index (κ3) is 2.56. The van der Waals surface area contributed by atoms with Crippen LogP contribution in [0.15, 0.2) is 48.5 Å². The number of para-hydroxylation sites is 3. The number of ether oxygens (including phenoxy) is 2. The molecule has 0 saturated heterocycles. The van der Waals surface area contributed by atoms with Gasteiger partial charge < -0.3 is 9.47 Å². The number of carbonyl (C=O) groups is 1. The summed E-state index contributed by atoms with van der Waals surface area (Å²) in [5.41, 5.74) is 2.29. The molecule has 0 radical (unpaired) electrons. The number of hydrogen-bond donors (Lipinski definition) is 0. The third-order valence-corrected chi connectivity index (χ3v) is 4.44. The summed E-state index contributed by atoms with van der Waals surface area (Å²) in [4.78, 5) is 12.8. The standard InChI is InChI=1S/C19H20N2O3/c1-2-20-16-8-4-3-7-14(16)12-21(20)19(22)11-15-13-23-17-9-5-6-10-18(17)24-15/h3-10,15H,2,11-13H2,1H3. The second-order valence-corrected chi connectivity index (χ2v) is 6.00. The lowest BCUT2D eigenvalue weighted by Gasteiger charge is -2.31. The van der Waals surface area contributed by atoms with Crippen LogP contribution >= 0.6 is 0 Å². The molecule has 2 aromatic rings. The van der Waals surface area contributed by atoms with Crippen LogP contribution in [0.4, 0.5) is 5.69 Å². The molecule has 5 nitrogen and oxygen atoms in total. The van der Waals surface area contributed by atoms with Crippen LogP contribution in [0.1, 0.15) is 18.9 Å². The van der Waals surface area contributed by atoms with Crippen LogP contribution in [0.3, 0.4) is 0 Å². The van der Waals surface area contributed by atoms with Gasteiger partial charge in [0, 0.05) is 6.54 Å². The summed E-state index contributed by atoms with van der Waals surface area (Å²) in [5, 5.41) is 3.85. The van der Waals surface area contributed by atoms with Crippen LogP contribution in [0.2, 0.25) is 0 Å². The van der Waals surface area contributed by atoms with Crippen LogP contribution in [-0.4, -0.2) is 30.2 Å². The Morgan fingerprint density at radius 2 is 1.88 bits per heavy atom. The Morgan fingerprint density at radius 3 is 2.71 bits per heavy atom. The summed E-state index contributed by atoms with van der Waals surface area (Å²) in [7, 11) is 0. The topological polar surface area (TPSA) is 42.0 Å². The van der Waals surface area contributed by atoms with Gasteiger partial charge >= 0.3 is 0 Å². The van der Waals surface area contributed by atoms with Gasteiger partial charge in [-0.1, -0.05) is 30.3 Å². The van der Waals surface area contributed by atoms with Crippen molar-refractivity contribution in [3.8, 4) is 11.5 Å². The van der Waals surface area contributed by atoms with E-state index in [4.69, 9.17) is 9.47 Å². The molecule has 2 aliphatic rings. The number of carbonyl (C=O) groups excluding carboxylic acids is 1. The molecule has 5 heteroatoms. The van der Waals surface area contributed by atoms with E-state index in [-0.39, 0.29) is 12.0 Å². The average Bonchev–Trinajstić information content (AvgIpc) is 3.00. The van der Waals surface area contributed by atoms with E-state index in [2.05, 4.69) is 19.1 Å². The van der Waals surface area contributed by atoms with Gasteiger partial charge in [-0.3, -0.25) is 9.80 Å². The first-order valence-corrected chi connectivity index (χ1v) is 8.30. The molecule has 0 aliphatic carbocycles. The number of benzene rings is 2. The first-order chi connectivity index (χ1) is 11.8. The van der Waals surface area contributed by atoms with E-state index in [1.165, 1.54) is 5.56 Å². The number of amides is 1. The maximum Gasteiger partial charge on any atom is 0.245 e. The predicted molar refractivity (Wildman–Crippen MR) is 91.0 cm³/mol. The fourth-order valence-corrected chi connectivity index (χ4v) is 3.30. The molecule has 0 bridgehead atoms. The third-order valence-electron chi connectivity index (χ3n) is 4.44. The molecular formula is C19H20N2O3. The van der Waals surface area contributed by atoms with E-state index in [1.807, 2.05) is 46.4 Å². The van der Waals surface area contributed by atoms with E-state index >= 15 is 0 Å². The number of hydrazine groups is 1. The Bertz CT molecular complexity index is 762. The Balaban J connectivity index is 1.46. The van der Waals surface area contributed by atoms with Gasteiger partial charge in [-0.25, -0.2) is 5.01 Å². The summed E-state index contributed by atoms with van der Waals surface area (Å²) in [6.45, 7) is 3.83. The summed E-state index contributed by atoms with van der Waals surface area (Å²) >= 11 is 0. The lowest BCUT2D eigenvalue weighted by Crippen LogP contribution is -2.44. The number of fused-ring (bicyclic) bond motifs is 2. The van der Waals surface area contributed by atoms with Crippen molar-refractivity contribution in [1.82, 2.24) is 5.01 Å². The maximum absolute atomic E-state index is 12.8. The van der Waals surface area contributed by atoms with Crippen molar-refractivity contribution >= 4 is 11.6 Å². The molecule has 1 unspecified atom stereocenters. The highest BCUT2D eigenvalue weighted by Crippen LogP contribution is 2.34. The molecule has 4 rings (SSSR count). The van der Waals surface area contributed by atoms with Gasteiger partial charge in [-0.05, 0) is 30.7 Å². The van der Waals surface area contributed by atoms with Gasteiger partial charge in [0.1, 0.15) is 12.7 Å². The minimum absolute atomic E-state index is 0.0565. The smallest absolute Gasteiger partial charge is 0.245 e. The average molecular weight is 324 g/mol. The lowest BCUT2D eigenvalue weighted by atomic mass is 10.2. The van der Waals surface area contributed by atoms with Crippen molar-refractivity contribution in [2.24, 2.45) is 0 Å². The summed E-state index contributed by atoms with van der Waals surface area (Å²) in [6.07, 6.45) is 0.0496. The molecule has 24 heavy (non-hydrogen) atoms. The van der Waals surface area contributed by atoms with Crippen molar-refractivity contribution in [2.75, 3.05) is 18.2 Å². The van der Waals surface area contributed by atoms with Gasteiger partial charge in [0.2, 0.25) is 5.91 Å². The quantitative estimate of drug-likeness (QED) is 0.870.